The maximum absolute atomic E-state index is 12.5. The molecule has 26 heavy (non-hydrogen) atoms. The molecular weight excluding hydrogens is 356 g/mol. The Morgan fingerprint density at radius 2 is 1.92 bits per heavy atom. The van der Waals surface area contributed by atoms with Gasteiger partial charge in [0.1, 0.15) is 0 Å². The molecule has 0 radical (unpaired) electrons. The van der Waals surface area contributed by atoms with Crippen molar-refractivity contribution in [2.75, 3.05) is 19.7 Å². The number of hydrogen-bond donors (Lipinski definition) is 1. The SMILES string of the molecule is CCN(CC)S(=O)(=O)c1cccc(C(=O)OCC(=O)N[C@@H](C)C2CC2)c1. The van der Waals surface area contributed by atoms with Crippen molar-refractivity contribution in [3.05, 3.63) is 29.8 Å². The zero-order valence-electron chi connectivity index (χ0n) is 15.4. The van der Waals surface area contributed by atoms with Crippen LogP contribution in [-0.2, 0) is 19.6 Å². The third-order valence-electron chi connectivity index (χ3n) is 4.47. The van der Waals surface area contributed by atoms with E-state index in [1.807, 2.05) is 6.92 Å². The lowest BCUT2D eigenvalue weighted by molar-refractivity contribution is -0.124. The van der Waals surface area contributed by atoms with E-state index in [9.17, 15) is 18.0 Å². The van der Waals surface area contributed by atoms with Gasteiger partial charge in [-0.3, -0.25) is 4.79 Å². The maximum Gasteiger partial charge on any atom is 0.338 e. The molecule has 0 spiro atoms. The Balaban J connectivity index is 2.00. The molecular formula is C18H26N2O5S. The van der Waals surface area contributed by atoms with Gasteiger partial charge >= 0.3 is 5.97 Å². The molecule has 1 aromatic rings. The van der Waals surface area contributed by atoms with Gasteiger partial charge in [0.05, 0.1) is 10.5 Å². The van der Waals surface area contributed by atoms with Gasteiger partial charge in [-0.25, -0.2) is 13.2 Å². The zero-order valence-corrected chi connectivity index (χ0v) is 16.2. The van der Waals surface area contributed by atoms with Crippen molar-refractivity contribution in [1.82, 2.24) is 9.62 Å². The number of carbonyl (C=O) groups excluding carboxylic acids is 2. The third kappa shape index (κ3) is 5.04. The number of esters is 1. The molecule has 0 bridgehead atoms. The average molecular weight is 382 g/mol. The number of ether oxygens (including phenoxy) is 1. The molecule has 1 aliphatic carbocycles. The van der Waals surface area contributed by atoms with E-state index in [0.717, 1.165) is 12.8 Å². The minimum atomic E-state index is -3.66. The van der Waals surface area contributed by atoms with Crippen LogP contribution in [0.4, 0.5) is 0 Å². The highest BCUT2D eigenvalue weighted by Crippen LogP contribution is 2.32. The predicted octanol–water partition coefficient (Wildman–Crippen LogP) is 1.79. The second kappa shape index (κ2) is 8.64. The Bertz CT molecular complexity index is 755. The number of rotatable bonds is 9. The van der Waals surface area contributed by atoms with Gasteiger partial charge in [-0.05, 0) is 43.9 Å². The number of hydrogen-bond acceptors (Lipinski definition) is 5. The Morgan fingerprint density at radius 1 is 1.27 bits per heavy atom. The first-order chi connectivity index (χ1) is 12.3. The van der Waals surface area contributed by atoms with Crippen LogP contribution in [0.1, 0.15) is 44.0 Å². The van der Waals surface area contributed by atoms with E-state index in [1.54, 1.807) is 13.8 Å². The summed E-state index contributed by atoms with van der Waals surface area (Å²) in [6.45, 7) is 5.72. The monoisotopic (exact) mass is 382 g/mol. The van der Waals surface area contributed by atoms with Crippen LogP contribution >= 0.6 is 0 Å². The van der Waals surface area contributed by atoms with Crippen LogP contribution in [0.2, 0.25) is 0 Å². The minimum absolute atomic E-state index is 0.0301. The first-order valence-electron chi connectivity index (χ1n) is 8.86. The highest BCUT2D eigenvalue weighted by Gasteiger charge is 2.29. The summed E-state index contributed by atoms with van der Waals surface area (Å²) in [6.07, 6.45) is 2.21. The smallest absolute Gasteiger partial charge is 0.338 e. The van der Waals surface area contributed by atoms with Crippen molar-refractivity contribution in [3.63, 3.8) is 0 Å². The molecule has 1 fully saturated rings. The second-order valence-corrected chi connectivity index (χ2v) is 8.32. The van der Waals surface area contributed by atoms with E-state index in [4.69, 9.17) is 4.74 Å². The molecule has 0 saturated heterocycles. The van der Waals surface area contributed by atoms with Crippen LogP contribution in [0.15, 0.2) is 29.2 Å². The molecule has 1 aliphatic rings. The molecule has 1 saturated carbocycles. The molecule has 7 nitrogen and oxygen atoms in total. The van der Waals surface area contributed by atoms with Gasteiger partial charge < -0.3 is 10.1 Å². The van der Waals surface area contributed by atoms with E-state index in [-0.39, 0.29) is 29.0 Å². The molecule has 1 N–H and O–H groups in total. The molecule has 2 rings (SSSR count). The lowest BCUT2D eigenvalue weighted by Gasteiger charge is -2.18. The van der Waals surface area contributed by atoms with Gasteiger partial charge in [-0.15, -0.1) is 0 Å². The lowest BCUT2D eigenvalue weighted by Crippen LogP contribution is -2.37. The normalized spacial score (nSPS) is 15.5. The quantitative estimate of drug-likeness (QED) is 0.657. The van der Waals surface area contributed by atoms with Crippen molar-refractivity contribution in [1.29, 1.82) is 0 Å². The molecule has 1 aromatic carbocycles. The summed E-state index contributed by atoms with van der Waals surface area (Å²) in [5.41, 5.74) is 0.0984. The van der Waals surface area contributed by atoms with Gasteiger partial charge in [0, 0.05) is 19.1 Å². The average Bonchev–Trinajstić information content (AvgIpc) is 3.45. The van der Waals surface area contributed by atoms with E-state index in [0.29, 0.717) is 19.0 Å². The second-order valence-electron chi connectivity index (χ2n) is 6.39. The minimum Gasteiger partial charge on any atom is -0.452 e. The van der Waals surface area contributed by atoms with Gasteiger partial charge in [0.25, 0.3) is 5.91 Å². The molecule has 8 heteroatoms. The van der Waals surface area contributed by atoms with E-state index >= 15 is 0 Å². The van der Waals surface area contributed by atoms with Crippen molar-refractivity contribution in [3.8, 4) is 0 Å². The van der Waals surface area contributed by atoms with Crippen molar-refractivity contribution < 1.29 is 22.7 Å². The maximum atomic E-state index is 12.5. The summed E-state index contributed by atoms with van der Waals surface area (Å²) in [6, 6.07) is 5.75. The molecule has 1 atom stereocenters. The topological polar surface area (TPSA) is 92.8 Å². The number of benzene rings is 1. The lowest BCUT2D eigenvalue weighted by atomic mass is 10.2. The van der Waals surface area contributed by atoms with E-state index in [1.165, 1.54) is 28.6 Å². The van der Waals surface area contributed by atoms with Crippen molar-refractivity contribution >= 4 is 21.9 Å². The summed E-state index contributed by atoms with van der Waals surface area (Å²) in [5.74, 6) is -0.572. The molecule has 144 valence electrons. The summed E-state index contributed by atoms with van der Waals surface area (Å²) >= 11 is 0. The van der Waals surface area contributed by atoms with Crippen LogP contribution in [0.25, 0.3) is 0 Å². The molecule has 0 aromatic heterocycles. The fourth-order valence-electron chi connectivity index (χ4n) is 2.72. The van der Waals surface area contributed by atoms with Crippen molar-refractivity contribution in [2.45, 2.75) is 44.6 Å². The molecule has 1 amide bonds. The number of sulfonamides is 1. The highest BCUT2D eigenvalue weighted by molar-refractivity contribution is 7.89. The van der Waals surface area contributed by atoms with Gasteiger partial charge in [0.15, 0.2) is 6.61 Å². The number of nitrogens with zero attached hydrogens (tertiary/aromatic N) is 1. The number of nitrogens with one attached hydrogen (secondary N) is 1. The number of amides is 1. The predicted molar refractivity (Wildman–Crippen MR) is 97.2 cm³/mol. The van der Waals surface area contributed by atoms with Crippen LogP contribution in [0.5, 0.6) is 0 Å². The van der Waals surface area contributed by atoms with Crippen LogP contribution in [-0.4, -0.2) is 50.3 Å². The van der Waals surface area contributed by atoms with Crippen LogP contribution in [0, 0.1) is 5.92 Å². The Kier molecular flexibility index (Phi) is 6.77. The van der Waals surface area contributed by atoms with Gasteiger partial charge in [0.2, 0.25) is 10.0 Å². The summed E-state index contributed by atoms with van der Waals surface area (Å²) in [4.78, 5) is 24.0. The fourth-order valence-corrected chi connectivity index (χ4v) is 4.22. The van der Waals surface area contributed by atoms with Crippen LogP contribution in [0.3, 0.4) is 0 Å². The Morgan fingerprint density at radius 3 is 2.50 bits per heavy atom. The Labute approximate surface area is 154 Å². The standard InChI is InChI=1S/C18H26N2O5S/c1-4-20(5-2)26(23,24)16-8-6-7-15(11-16)18(22)25-12-17(21)19-13(3)14-9-10-14/h6-8,11,13-14H,4-5,9-10,12H2,1-3H3,(H,19,21)/t13-/m0/s1. The summed E-state index contributed by atoms with van der Waals surface area (Å²) < 4.78 is 31.4. The van der Waals surface area contributed by atoms with E-state index in [2.05, 4.69) is 5.32 Å². The van der Waals surface area contributed by atoms with Gasteiger partial charge in [-0.2, -0.15) is 4.31 Å². The zero-order chi connectivity index (χ0) is 19.3. The number of carbonyl (C=O) groups is 2. The Hall–Kier alpha value is -1.93. The summed E-state index contributed by atoms with van der Waals surface area (Å²) in [7, 11) is -3.66. The van der Waals surface area contributed by atoms with Crippen LogP contribution < -0.4 is 5.32 Å². The fraction of sp³-hybridized carbons (Fsp3) is 0.556. The van der Waals surface area contributed by atoms with E-state index < -0.39 is 16.0 Å². The molecule has 0 unspecified atom stereocenters. The van der Waals surface area contributed by atoms with Crippen molar-refractivity contribution in [2.24, 2.45) is 5.92 Å². The highest BCUT2D eigenvalue weighted by atomic mass is 32.2. The first-order valence-corrected chi connectivity index (χ1v) is 10.3. The molecule has 0 heterocycles. The first kappa shape index (κ1) is 20.4. The van der Waals surface area contributed by atoms with Gasteiger partial charge in [-0.1, -0.05) is 19.9 Å². The largest absolute Gasteiger partial charge is 0.452 e. The molecule has 0 aliphatic heterocycles. The third-order valence-corrected chi connectivity index (χ3v) is 6.51. The summed E-state index contributed by atoms with van der Waals surface area (Å²) in [5, 5.41) is 2.80.